The second kappa shape index (κ2) is 6.08. The van der Waals surface area contributed by atoms with Gasteiger partial charge < -0.3 is 9.84 Å². The van der Waals surface area contributed by atoms with Crippen LogP contribution in [0.25, 0.3) is 0 Å². The predicted octanol–water partition coefficient (Wildman–Crippen LogP) is 1.50. The third-order valence-electron chi connectivity index (χ3n) is 2.65. The lowest BCUT2D eigenvalue weighted by atomic mass is 9.95. The number of rotatable bonds is 7. The molecule has 0 rings (SSSR count). The van der Waals surface area contributed by atoms with Crippen molar-refractivity contribution < 1.29 is 14.6 Å². The molecule has 0 amide bonds. The Balaban J connectivity index is 4.58. The fraction of sp³-hybridized carbons (Fsp3) is 0.909. The summed E-state index contributed by atoms with van der Waals surface area (Å²) in [7, 11) is 1.51. The van der Waals surface area contributed by atoms with Crippen molar-refractivity contribution >= 4 is 5.97 Å². The molecule has 0 heterocycles. The number of carbonyl (C=O) groups is 1. The molecule has 0 radical (unpaired) electrons. The van der Waals surface area contributed by atoms with Crippen molar-refractivity contribution in [2.75, 3.05) is 13.7 Å². The van der Waals surface area contributed by atoms with E-state index in [1.165, 1.54) is 7.11 Å². The summed E-state index contributed by atoms with van der Waals surface area (Å²) in [4.78, 5) is 11.1. The normalized spacial score (nSPS) is 17.5. The fourth-order valence-electron chi connectivity index (χ4n) is 1.60. The Morgan fingerprint density at radius 1 is 1.53 bits per heavy atom. The molecule has 0 bridgehead atoms. The summed E-state index contributed by atoms with van der Waals surface area (Å²) in [6, 6.07) is 0.196. The van der Waals surface area contributed by atoms with Gasteiger partial charge in [0, 0.05) is 13.2 Å². The molecule has 2 unspecified atom stereocenters. The van der Waals surface area contributed by atoms with Crippen molar-refractivity contribution in [3.63, 3.8) is 0 Å². The summed E-state index contributed by atoms with van der Waals surface area (Å²) in [5.74, 6) is -0.464. The van der Waals surface area contributed by atoms with Crippen LogP contribution in [0.4, 0.5) is 0 Å². The van der Waals surface area contributed by atoms with E-state index in [-0.39, 0.29) is 12.6 Å². The standard InChI is InChI=1S/C11H23NO3/c1-6-9(8(2)3)12-11(4,7-15-5)10(13)14/h8-9,12H,6-7H2,1-5H3,(H,13,14). The van der Waals surface area contributed by atoms with Crippen molar-refractivity contribution in [1.29, 1.82) is 0 Å². The van der Waals surface area contributed by atoms with E-state index in [0.717, 1.165) is 6.42 Å². The first-order valence-corrected chi connectivity index (χ1v) is 5.37. The lowest BCUT2D eigenvalue weighted by Crippen LogP contribution is -2.57. The van der Waals surface area contributed by atoms with Gasteiger partial charge in [-0.15, -0.1) is 0 Å². The first-order valence-electron chi connectivity index (χ1n) is 5.37. The van der Waals surface area contributed by atoms with Crippen LogP contribution in [0.3, 0.4) is 0 Å². The fourth-order valence-corrected chi connectivity index (χ4v) is 1.60. The predicted molar refractivity (Wildman–Crippen MR) is 60.0 cm³/mol. The van der Waals surface area contributed by atoms with E-state index < -0.39 is 11.5 Å². The van der Waals surface area contributed by atoms with Gasteiger partial charge in [0.05, 0.1) is 6.61 Å². The average molecular weight is 217 g/mol. The highest BCUT2D eigenvalue weighted by atomic mass is 16.5. The van der Waals surface area contributed by atoms with Crippen LogP contribution in [0.2, 0.25) is 0 Å². The maximum Gasteiger partial charge on any atom is 0.326 e. The minimum atomic E-state index is -1.00. The molecular formula is C11H23NO3. The van der Waals surface area contributed by atoms with Gasteiger partial charge in [0.15, 0.2) is 0 Å². The molecule has 4 nitrogen and oxygen atoms in total. The van der Waals surface area contributed by atoms with Crippen LogP contribution in [0.5, 0.6) is 0 Å². The van der Waals surface area contributed by atoms with Crippen molar-refractivity contribution in [2.45, 2.75) is 45.7 Å². The summed E-state index contributed by atoms with van der Waals surface area (Å²) in [5, 5.41) is 12.3. The molecule has 0 spiro atoms. The third kappa shape index (κ3) is 4.18. The Morgan fingerprint density at radius 3 is 2.33 bits per heavy atom. The maximum absolute atomic E-state index is 11.1. The highest BCUT2D eigenvalue weighted by molar-refractivity contribution is 5.78. The molecule has 15 heavy (non-hydrogen) atoms. The highest BCUT2D eigenvalue weighted by Gasteiger charge is 2.35. The van der Waals surface area contributed by atoms with Gasteiger partial charge in [-0.3, -0.25) is 10.1 Å². The summed E-state index contributed by atoms with van der Waals surface area (Å²) < 4.78 is 4.95. The zero-order valence-corrected chi connectivity index (χ0v) is 10.3. The van der Waals surface area contributed by atoms with Crippen LogP contribution >= 0.6 is 0 Å². The van der Waals surface area contributed by atoms with Gasteiger partial charge in [-0.2, -0.15) is 0 Å². The van der Waals surface area contributed by atoms with Gasteiger partial charge in [-0.1, -0.05) is 20.8 Å². The molecule has 0 aromatic heterocycles. The molecule has 0 saturated carbocycles. The van der Waals surface area contributed by atoms with E-state index >= 15 is 0 Å². The van der Waals surface area contributed by atoms with Gasteiger partial charge in [-0.05, 0) is 19.3 Å². The van der Waals surface area contributed by atoms with E-state index in [1.54, 1.807) is 6.92 Å². The Labute approximate surface area is 92.0 Å². The quantitative estimate of drug-likeness (QED) is 0.678. The zero-order valence-electron chi connectivity index (χ0n) is 10.3. The Morgan fingerprint density at radius 2 is 2.07 bits per heavy atom. The molecule has 2 atom stereocenters. The summed E-state index contributed by atoms with van der Waals surface area (Å²) in [5.41, 5.74) is -1.00. The largest absolute Gasteiger partial charge is 0.480 e. The lowest BCUT2D eigenvalue weighted by molar-refractivity contribution is -0.147. The van der Waals surface area contributed by atoms with Gasteiger partial charge in [0.25, 0.3) is 0 Å². The molecular weight excluding hydrogens is 194 g/mol. The molecule has 4 heteroatoms. The van der Waals surface area contributed by atoms with Crippen molar-refractivity contribution in [3.05, 3.63) is 0 Å². The number of aliphatic carboxylic acids is 1. The van der Waals surface area contributed by atoms with E-state index in [9.17, 15) is 4.79 Å². The first kappa shape index (κ1) is 14.4. The molecule has 90 valence electrons. The smallest absolute Gasteiger partial charge is 0.326 e. The minimum Gasteiger partial charge on any atom is -0.480 e. The molecule has 0 aliphatic heterocycles. The van der Waals surface area contributed by atoms with Crippen LogP contribution in [0.15, 0.2) is 0 Å². The Bertz CT molecular complexity index is 206. The Kier molecular flexibility index (Phi) is 5.83. The van der Waals surface area contributed by atoms with Gasteiger partial charge in [0.2, 0.25) is 0 Å². The van der Waals surface area contributed by atoms with Crippen LogP contribution < -0.4 is 5.32 Å². The first-order chi connectivity index (χ1) is 6.87. The lowest BCUT2D eigenvalue weighted by Gasteiger charge is -2.32. The Hall–Kier alpha value is -0.610. The number of ether oxygens (including phenoxy) is 1. The molecule has 0 fully saturated rings. The van der Waals surface area contributed by atoms with Gasteiger partial charge >= 0.3 is 5.97 Å². The molecule has 2 N–H and O–H groups in total. The third-order valence-corrected chi connectivity index (χ3v) is 2.65. The number of nitrogens with one attached hydrogen (secondary N) is 1. The van der Waals surface area contributed by atoms with Crippen LogP contribution in [-0.2, 0) is 9.53 Å². The second-order valence-electron chi connectivity index (χ2n) is 4.47. The second-order valence-corrected chi connectivity index (χ2v) is 4.47. The van der Waals surface area contributed by atoms with Crippen LogP contribution in [-0.4, -0.2) is 36.4 Å². The SMILES string of the molecule is CCC(NC(C)(COC)C(=O)O)C(C)C. The van der Waals surface area contributed by atoms with Crippen molar-refractivity contribution in [3.8, 4) is 0 Å². The maximum atomic E-state index is 11.1. The molecule has 0 aromatic rings. The van der Waals surface area contributed by atoms with Gasteiger partial charge in [-0.25, -0.2) is 0 Å². The summed E-state index contributed by atoms with van der Waals surface area (Å²) in [6.07, 6.45) is 0.907. The van der Waals surface area contributed by atoms with Crippen LogP contribution in [0, 0.1) is 5.92 Å². The van der Waals surface area contributed by atoms with Crippen LogP contribution in [0.1, 0.15) is 34.1 Å². The summed E-state index contributed by atoms with van der Waals surface area (Å²) >= 11 is 0. The molecule has 0 aliphatic carbocycles. The monoisotopic (exact) mass is 217 g/mol. The zero-order chi connectivity index (χ0) is 12.1. The van der Waals surface area contributed by atoms with Gasteiger partial charge in [0.1, 0.15) is 5.54 Å². The molecule has 0 saturated heterocycles. The minimum absolute atomic E-state index is 0.172. The van der Waals surface area contributed by atoms with Crippen molar-refractivity contribution in [1.82, 2.24) is 5.32 Å². The summed E-state index contributed by atoms with van der Waals surface area (Å²) in [6.45, 7) is 8.04. The van der Waals surface area contributed by atoms with E-state index in [2.05, 4.69) is 19.2 Å². The van der Waals surface area contributed by atoms with E-state index in [0.29, 0.717) is 5.92 Å². The topological polar surface area (TPSA) is 58.6 Å². The van der Waals surface area contributed by atoms with E-state index in [1.807, 2.05) is 6.92 Å². The molecule has 0 aromatic carbocycles. The number of methoxy groups -OCH3 is 1. The average Bonchev–Trinajstić information content (AvgIpc) is 2.14. The van der Waals surface area contributed by atoms with E-state index in [4.69, 9.17) is 9.84 Å². The number of carboxylic acid groups (broad SMARTS) is 1. The number of hydrogen-bond donors (Lipinski definition) is 2. The number of carboxylic acids is 1. The molecule has 0 aliphatic rings. The highest BCUT2D eigenvalue weighted by Crippen LogP contribution is 2.13. The number of hydrogen-bond acceptors (Lipinski definition) is 3. The van der Waals surface area contributed by atoms with Crippen molar-refractivity contribution in [2.24, 2.45) is 5.92 Å².